The Morgan fingerprint density at radius 1 is 1.53 bits per heavy atom. The number of hydrogen-bond donors (Lipinski definition) is 2. The second-order valence-electron chi connectivity index (χ2n) is 3.97. The fourth-order valence-corrected chi connectivity index (χ4v) is 2.33. The summed E-state index contributed by atoms with van der Waals surface area (Å²) in [5, 5.41) is 5.70. The van der Waals surface area contributed by atoms with E-state index in [1.54, 1.807) is 29.5 Å². The largest absolute Gasteiger partial charge is 0.494 e. The van der Waals surface area contributed by atoms with Gasteiger partial charge in [0.2, 0.25) is 0 Å². The van der Waals surface area contributed by atoms with E-state index >= 15 is 0 Å². The number of methoxy groups -OCH3 is 1. The van der Waals surface area contributed by atoms with E-state index in [4.69, 9.17) is 10.5 Å². The van der Waals surface area contributed by atoms with Crippen molar-refractivity contribution in [3.8, 4) is 5.75 Å². The van der Waals surface area contributed by atoms with E-state index in [1.165, 1.54) is 7.11 Å². The first-order chi connectivity index (χ1) is 9.11. The third-order valence-electron chi connectivity index (χ3n) is 2.59. The van der Waals surface area contributed by atoms with Gasteiger partial charge in [-0.15, -0.1) is 11.3 Å². The smallest absolute Gasteiger partial charge is 0.255 e. The second-order valence-corrected chi connectivity index (χ2v) is 5.03. The summed E-state index contributed by atoms with van der Waals surface area (Å²) in [4.78, 5) is 16.4. The van der Waals surface area contributed by atoms with Gasteiger partial charge in [0.1, 0.15) is 0 Å². The van der Waals surface area contributed by atoms with Gasteiger partial charge in [0.15, 0.2) is 5.75 Å². The number of nitrogen functional groups attached to an aromatic ring is 1. The molecule has 19 heavy (non-hydrogen) atoms. The number of nitrogens with one attached hydrogen (secondary N) is 1. The number of nitrogens with zero attached hydrogens (tertiary/aromatic N) is 1. The summed E-state index contributed by atoms with van der Waals surface area (Å²) < 4.78 is 5.15. The van der Waals surface area contributed by atoms with Gasteiger partial charge in [0, 0.05) is 5.38 Å². The van der Waals surface area contributed by atoms with Crippen molar-refractivity contribution in [2.75, 3.05) is 12.8 Å². The first kappa shape index (κ1) is 13.4. The number of nitrogens with two attached hydrogens (primary N) is 1. The molecule has 0 radical (unpaired) electrons. The SMILES string of the molecule is COc1c(N)cccc1C(=O)NCc1csc(C)n1. The molecule has 1 aromatic carbocycles. The van der Waals surface area contributed by atoms with Crippen LogP contribution in [0, 0.1) is 6.92 Å². The lowest BCUT2D eigenvalue weighted by atomic mass is 10.1. The number of hydrogen-bond acceptors (Lipinski definition) is 5. The average Bonchev–Trinajstić information content (AvgIpc) is 2.81. The molecule has 0 saturated carbocycles. The number of para-hydroxylation sites is 1. The van der Waals surface area contributed by atoms with E-state index in [1.807, 2.05) is 12.3 Å². The minimum absolute atomic E-state index is 0.227. The Morgan fingerprint density at radius 3 is 2.95 bits per heavy atom. The topological polar surface area (TPSA) is 77.2 Å². The number of carbonyl (C=O) groups excluding carboxylic acids is 1. The van der Waals surface area contributed by atoms with Crippen LogP contribution in [-0.4, -0.2) is 18.0 Å². The highest BCUT2D eigenvalue weighted by molar-refractivity contribution is 7.09. The quantitative estimate of drug-likeness (QED) is 0.838. The van der Waals surface area contributed by atoms with E-state index in [2.05, 4.69) is 10.3 Å². The molecule has 5 nitrogen and oxygen atoms in total. The van der Waals surface area contributed by atoms with Gasteiger partial charge in [0.25, 0.3) is 5.91 Å². The van der Waals surface area contributed by atoms with Crippen molar-refractivity contribution in [1.29, 1.82) is 0 Å². The molecule has 0 saturated heterocycles. The fraction of sp³-hybridized carbons (Fsp3) is 0.231. The minimum Gasteiger partial charge on any atom is -0.494 e. The van der Waals surface area contributed by atoms with Crippen LogP contribution >= 0.6 is 11.3 Å². The van der Waals surface area contributed by atoms with Gasteiger partial charge < -0.3 is 15.8 Å². The molecule has 2 rings (SSSR count). The minimum atomic E-state index is -0.227. The summed E-state index contributed by atoms with van der Waals surface area (Å²) in [5.41, 5.74) is 7.48. The maximum atomic E-state index is 12.1. The predicted molar refractivity (Wildman–Crippen MR) is 75.4 cm³/mol. The number of amides is 1. The number of aromatic nitrogens is 1. The summed E-state index contributed by atoms with van der Waals surface area (Å²) in [6, 6.07) is 5.09. The molecule has 0 aliphatic carbocycles. The highest BCUT2D eigenvalue weighted by Crippen LogP contribution is 2.25. The molecule has 0 bridgehead atoms. The fourth-order valence-electron chi connectivity index (χ4n) is 1.72. The van der Waals surface area contributed by atoms with Crippen LogP contribution in [0.3, 0.4) is 0 Å². The number of rotatable bonds is 4. The van der Waals surface area contributed by atoms with Crippen molar-refractivity contribution in [1.82, 2.24) is 10.3 Å². The molecule has 1 amide bonds. The lowest BCUT2D eigenvalue weighted by molar-refractivity contribution is 0.0947. The molecule has 0 fully saturated rings. The van der Waals surface area contributed by atoms with Crippen LogP contribution < -0.4 is 15.8 Å². The van der Waals surface area contributed by atoms with E-state index in [0.29, 0.717) is 23.5 Å². The lowest BCUT2D eigenvalue weighted by Gasteiger charge is -2.10. The van der Waals surface area contributed by atoms with Crippen molar-refractivity contribution >= 4 is 22.9 Å². The molecule has 0 unspecified atom stereocenters. The van der Waals surface area contributed by atoms with Crippen LogP contribution in [0.15, 0.2) is 23.6 Å². The van der Waals surface area contributed by atoms with E-state index in [0.717, 1.165) is 10.7 Å². The molecule has 1 aromatic heterocycles. The Balaban J connectivity index is 2.10. The zero-order chi connectivity index (χ0) is 13.8. The van der Waals surface area contributed by atoms with Crippen molar-refractivity contribution < 1.29 is 9.53 Å². The molecular weight excluding hydrogens is 262 g/mol. The van der Waals surface area contributed by atoms with Crippen molar-refractivity contribution in [3.63, 3.8) is 0 Å². The Morgan fingerprint density at radius 2 is 2.32 bits per heavy atom. The first-order valence-electron chi connectivity index (χ1n) is 5.73. The van der Waals surface area contributed by atoms with E-state index in [-0.39, 0.29) is 5.91 Å². The van der Waals surface area contributed by atoms with Gasteiger partial charge >= 0.3 is 0 Å². The number of benzene rings is 1. The molecule has 0 spiro atoms. The lowest BCUT2D eigenvalue weighted by Crippen LogP contribution is -2.23. The maximum Gasteiger partial charge on any atom is 0.255 e. The first-order valence-corrected chi connectivity index (χ1v) is 6.61. The molecule has 1 heterocycles. The Bertz CT molecular complexity index is 595. The van der Waals surface area contributed by atoms with Crippen LogP contribution in [0.25, 0.3) is 0 Å². The summed E-state index contributed by atoms with van der Waals surface area (Å²) in [5.74, 6) is 0.171. The Labute approximate surface area is 115 Å². The number of thiazole rings is 1. The van der Waals surface area contributed by atoms with Gasteiger partial charge in [-0.2, -0.15) is 0 Å². The van der Waals surface area contributed by atoms with Crippen molar-refractivity contribution in [2.45, 2.75) is 13.5 Å². The highest BCUT2D eigenvalue weighted by Gasteiger charge is 2.14. The number of aryl methyl sites for hydroxylation is 1. The molecule has 2 aromatic rings. The molecular formula is C13H15N3O2S. The normalized spacial score (nSPS) is 10.2. The molecule has 0 aliphatic rings. The number of ether oxygens (including phenoxy) is 1. The van der Waals surface area contributed by atoms with E-state index in [9.17, 15) is 4.79 Å². The zero-order valence-electron chi connectivity index (χ0n) is 10.8. The summed E-state index contributed by atoms with van der Waals surface area (Å²) in [7, 11) is 1.49. The van der Waals surface area contributed by atoms with Gasteiger partial charge in [-0.3, -0.25) is 4.79 Å². The predicted octanol–water partition coefficient (Wildman–Crippen LogP) is 1.97. The molecule has 0 atom stereocenters. The highest BCUT2D eigenvalue weighted by atomic mass is 32.1. The number of carbonyl (C=O) groups is 1. The average molecular weight is 277 g/mol. The second kappa shape index (κ2) is 5.71. The molecule has 3 N–H and O–H groups in total. The van der Waals surface area contributed by atoms with Crippen LogP contribution in [0.2, 0.25) is 0 Å². The molecule has 0 aliphatic heterocycles. The summed E-state index contributed by atoms with van der Waals surface area (Å²) >= 11 is 1.55. The van der Waals surface area contributed by atoms with Gasteiger partial charge in [-0.1, -0.05) is 6.07 Å². The van der Waals surface area contributed by atoms with Crippen LogP contribution in [0.5, 0.6) is 5.75 Å². The monoisotopic (exact) mass is 277 g/mol. The Hall–Kier alpha value is -2.08. The zero-order valence-corrected chi connectivity index (χ0v) is 11.6. The van der Waals surface area contributed by atoms with Crippen LogP contribution in [0.1, 0.15) is 21.1 Å². The standard InChI is InChI=1S/C13H15N3O2S/c1-8-16-9(7-19-8)6-15-13(17)10-4-3-5-11(14)12(10)18-2/h3-5,7H,6,14H2,1-2H3,(H,15,17). The van der Waals surface area contributed by atoms with Crippen molar-refractivity contribution in [3.05, 3.63) is 39.8 Å². The molecule has 6 heteroatoms. The van der Waals surface area contributed by atoms with Crippen molar-refractivity contribution in [2.24, 2.45) is 0 Å². The third-order valence-corrected chi connectivity index (χ3v) is 3.41. The Kier molecular flexibility index (Phi) is 4.01. The van der Waals surface area contributed by atoms with Crippen LogP contribution in [0.4, 0.5) is 5.69 Å². The maximum absolute atomic E-state index is 12.1. The summed E-state index contributed by atoms with van der Waals surface area (Å²) in [6.07, 6.45) is 0. The molecule has 100 valence electrons. The van der Waals surface area contributed by atoms with Gasteiger partial charge in [0.05, 0.1) is 35.6 Å². The van der Waals surface area contributed by atoms with Gasteiger partial charge in [-0.25, -0.2) is 4.98 Å². The number of anilines is 1. The summed E-state index contributed by atoms with van der Waals surface area (Å²) in [6.45, 7) is 2.32. The van der Waals surface area contributed by atoms with E-state index < -0.39 is 0 Å². The third kappa shape index (κ3) is 3.03. The van der Waals surface area contributed by atoms with Gasteiger partial charge in [-0.05, 0) is 19.1 Å². The van der Waals surface area contributed by atoms with Crippen LogP contribution in [-0.2, 0) is 6.54 Å².